The Bertz CT molecular complexity index is 859. The number of hydrogen-bond acceptors (Lipinski definition) is 4. The predicted molar refractivity (Wildman–Crippen MR) is 110 cm³/mol. The Morgan fingerprint density at radius 2 is 1.62 bits per heavy atom. The van der Waals surface area contributed by atoms with Gasteiger partial charge in [0.2, 0.25) is 5.91 Å². The summed E-state index contributed by atoms with van der Waals surface area (Å²) in [5, 5.41) is 18.1. The minimum absolute atomic E-state index is 0.0380. The summed E-state index contributed by atoms with van der Waals surface area (Å²) in [6.07, 6.45) is -7.05. The van der Waals surface area contributed by atoms with Crippen LogP contribution in [0.15, 0.2) is 18.2 Å². The lowest BCUT2D eigenvalue weighted by molar-refractivity contribution is -0.143. The summed E-state index contributed by atoms with van der Waals surface area (Å²) in [6, 6.07) is -0.562. The molecule has 2 aliphatic rings. The van der Waals surface area contributed by atoms with Crippen molar-refractivity contribution in [1.29, 1.82) is 0 Å². The number of nitrogens with one attached hydrogen (secondary N) is 3. The van der Waals surface area contributed by atoms with E-state index < -0.39 is 40.8 Å². The summed E-state index contributed by atoms with van der Waals surface area (Å²) in [5.41, 5.74) is -5.16. The summed E-state index contributed by atoms with van der Waals surface area (Å²) in [7, 11) is 0. The number of urea groups is 1. The predicted octanol–water partition coefficient (Wildman–Crippen LogP) is 3.34. The highest BCUT2D eigenvalue weighted by atomic mass is 19.4. The number of carbonyl (C=O) groups excluding carboxylic acids is 2. The van der Waals surface area contributed by atoms with E-state index in [1.807, 2.05) is 5.32 Å². The number of carbonyl (C=O) groups is 2. The van der Waals surface area contributed by atoms with Crippen molar-refractivity contribution in [3.63, 3.8) is 0 Å². The average molecular weight is 496 g/mol. The molecule has 2 fully saturated rings. The number of nitrogens with zero attached hydrogens (tertiary/aromatic N) is 1. The molecule has 0 bridgehead atoms. The van der Waals surface area contributed by atoms with Crippen LogP contribution in [0.1, 0.15) is 43.2 Å². The number of halogens is 6. The fraction of sp³-hybridized carbons (Fsp3) is 0.619. The molecule has 3 rings (SSSR count). The molecule has 7 nitrogen and oxygen atoms in total. The van der Waals surface area contributed by atoms with Crippen LogP contribution < -0.4 is 16.0 Å². The van der Waals surface area contributed by atoms with Gasteiger partial charge in [-0.1, -0.05) is 6.42 Å². The highest BCUT2D eigenvalue weighted by molar-refractivity contribution is 5.89. The molecule has 1 aromatic rings. The third-order valence-corrected chi connectivity index (χ3v) is 6.04. The largest absolute Gasteiger partial charge is 0.416 e. The maximum absolute atomic E-state index is 13.0. The van der Waals surface area contributed by atoms with E-state index in [9.17, 15) is 41.0 Å². The van der Waals surface area contributed by atoms with E-state index in [1.165, 1.54) is 0 Å². The molecule has 0 aromatic heterocycles. The number of alkyl halides is 6. The summed E-state index contributed by atoms with van der Waals surface area (Å²) in [5.74, 6) is -0.0440. The molecule has 3 amide bonds. The normalized spacial score (nSPS) is 21.1. The molecule has 0 spiro atoms. The zero-order valence-electron chi connectivity index (χ0n) is 18.2. The van der Waals surface area contributed by atoms with Crippen molar-refractivity contribution in [3.05, 3.63) is 29.3 Å². The molecule has 0 radical (unpaired) electrons. The van der Waals surface area contributed by atoms with Gasteiger partial charge in [0.1, 0.15) is 0 Å². The topological polar surface area (TPSA) is 93.7 Å². The molecule has 0 saturated carbocycles. The molecule has 2 saturated heterocycles. The van der Waals surface area contributed by atoms with Crippen LogP contribution in [0.4, 0.5) is 36.8 Å². The zero-order valence-corrected chi connectivity index (χ0v) is 18.2. The number of piperidine rings is 2. The first-order valence-electron chi connectivity index (χ1n) is 10.9. The number of aliphatic hydroxyl groups is 1. The average Bonchev–Trinajstić information content (AvgIpc) is 2.77. The van der Waals surface area contributed by atoms with Gasteiger partial charge in [-0.25, -0.2) is 4.79 Å². The summed E-state index contributed by atoms with van der Waals surface area (Å²) in [6.45, 7) is 1.01. The van der Waals surface area contributed by atoms with Gasteiger partial charge >= 0.3 is 18.4 Å². The van der Waals surface area contributed by atoms with Crippen molar-refractivity contribution >= 4 is 17.6 Å². The summed E-state index contributed by atoms with van der Waals surface area (Å²) < 4.78 is 77.8. The smallest absolute Gasteiger partial charge is 0.388 e. The quantitative estimate of drug-likeness (QED) is 0.481. The molecular weight excluding hydrogens is 470 g/mol. The van der Waals surface area contributed by atoms with Crippen LogP contribution in [0, 0.1) is 0 Å². The van der Waals surface area contributed by atoms with E-state index in [-0.39, 0.29) is 50.5 Å². The van der Waals surface area contributed by atoms with Gasteiger partial charge < -0.3 is 26.0 Å². The second-order valence-corrected chi connectivity index (χ2v) is 8.65. The SMILES string of the molecule is O=C(NCC1(O)CCN(C(=O)C2CCCCN2)CC1)Nc1cc(C(F)(F)F)cc(C(F)(F)F)c1. The lowest BCUT2D eigenvalue weighted by atomic mass is 9.90. The third-order valence-electron chi connectivity index (χ3n) is 6.04. The maximum Gasteiger partial charge on any atom is 0.416 e. The number of rotatable bonds is 4. The molecule has 0 aliphatic carbocycles. The Labute approximate surface area is 191 Å². The highest BCUT2D eigenvalue weighted by Gasteiger charge is 2.38. The molecule has 34 heavy (non-hydrogen) atoms. The Balaban J connectivity index is 1.55. The minimum atomic E-state index is -5.04. The number of amides is 3. The first-order chi connectivity index (χ1) is 15.8. The number of anilines is 1. The first kappa shape index (κ1) is 26.1. The van der Waals surface area contributed by atoms with Crippen molar-refractivity contribution in [2.75, 3.05) is 31.5 Å². The Hall–Kier alpha value is -2.54. The van der Waals surface area contributed by atoms with Gasteiger partial charge in [-0.15, -0.1) is 0 Å². The lowest BCUT2D eigenvalue weighted by Crippen LogP contribution is -2.56. The van der Waals surface area contributed by atoms with Crippen LogP contribution in [0.3, 0.4) is 0 Å². The van der Waals surface area contributed by atoms with Gasteiger partial charge in [0.05, 0.1) is 22.8 Å². The minimum Gasteiger partial charge on any atom is -0.388 e. The van der Waals surface area contributed by atoms with Crippen molar-refractivity contribution in [2.24, 2.45) is 0 Å². The van der Waals surface area contributed by atoms with Crippen LogP contribution in [0.2, 0.25) is 0 Å². The van der Waals surface area contributed by atoms with E-state index >= 15 is 0 Å². The van der Waals surface area contributed by atoms with E-state index in [0.29, 0.717) is 12.1 Å². The maximum atomic E-state index is 13.0. The number of likely N-dealkylation sites (tertiary alicyclic amines) is 1. The summed E-state index contributed by atoms with van der Waals surface area (Å²) >= 11 is 0. The number of benzene rings is 1. The third kappa shape index (κ3) is 6.75. The molecule has 4 N–H and O–H groups in total. The second kappa shape index (κ2) is 9.98. The molecule has 2 heterocycles. The van der Waals surface area contributed by atoms with Crippen molar-refractivity contribution in [3.8, 4) is 0 Å². The fourth-order valence-electron chi connectivity index (χ4n) is 4.05. The fourth-order valence-corrected chi connectivity index (χ4v) is 4.05. The second-order valence-electron chi connectivity index (χ2n) is 8.65. The molecule has 1 unspecified atom stereocenters. The van der Waals surface area contributed by atoms with Crippen LogP contribution in [0.25, 0.3) is 0 Å². The molecule has 1 atom stereocenters. The lowest BCUT2D eigenvalue weighted by Gasteiger charge is -2.40. The summed E-state index contributed by atoms with van der Waals surface area (Å²) in [4.78, 5) is 26.3. The molecule has 13 heteroatoms. The molecule has 190 valence electrons. The van der Waals surface area contributed by atoms with Crippen LogP contribution >= 0.6 is 0 Å². The van der Waals surface area contributed by atoms with Crippen LogP contribution in [0.5, 0.6) is 0 Å². The van der Waals surface area contributed by atoms with E-state index in [1.54, 1.807) is 4.90 Å². The highest BCUT2D eigenvalue weighted by Crippen LogP contribution is 2.37. The van der Waals surface area contributed by atoms with Gasteiger partial charge in [0.15, 0.2) is 0 Å². The zero-order chi connectivity index (χ0) is 25.1. The molecular formula is C21H26F6N4O3. The van der Waals surface area contributed by atoms with Crippen molar-refractivity contribution in [1.82, 2.24) is 15.5 Å². The Kier molecular flexibility index (Phi) is 7.65. The standard InChI is InChI=1S/C21H26F6N4O3/c22-20(23,24)13-9-14(21(25,26)27)11-15(10-13)30-18(33)29-12-19(34)4-7-31(8-5-19)17(32)16-3-1-2-6-28-16/h9-11,16,28,34H,1-8,12H2,(H2,29,30,33). The number of hydrogen-bond donors (Lipinski definition) is 4. The van der Waals surface area contributed by atoms with Crippen LogP contribution in [-0.4, -0.2) is 59.8 Å². The Morgan fingerprint density at radius 1 is 1.03 bits per heavy atom. The van der Waals surface area contributed by atoms with E-state index in [0.717, 1.165) is 25.8 Å². The van der Waals surface area contributed by atoms with Gasteiger partial charge in [0.25, 0.3) is 0 Å². The van der Waals surface area contributed by atoms with Gasteiger partial charge in [-0.05, 0) is 50.4 Å². The van der Waals surface area contributed by atoms with Crippen molar-refractivity contribution < 1.29 is 41.0 Å². The van der Waals surface area contributed by atoms with E-state index in [4.69, 9.17) is 0 Å². The van der Waals surface area contributed by atoms with Gasteiger partial charge in [0, 0.05) is 25.3 Å². The van der Waals surface area contributed by atoms with Crippen LogP contribution in [-0.2, 0) is 17.1 Å². The monoisotopic (exact) mass is 496 g/mol. The molecule has 2 aliphatic heterocycles. The van der Waals surface area contributed by atoms with Gasteiger partial charge in [-0.3, -0.25) is 4.79 Å². The molecule has 1 aromatic carbocycles. The van der Waals surface area contributed by atoms with E-state index in [2.05, 4.69) is 10.6 Å². The van der Waals surface area contributed by atoms with Crippen molar-refractivity contribution in [2.45, 2.75) is 56.1 Å². The van der Waals surface area contributed by atoms with Gasteiger partial charge in [-0.2, -0.15) is 26.3 Å². The first-order valence-corrected chi connectivity index (χ1v) is 10.9. The Morgan fingerprint density at radius 3 is 2.12 bits per heavy atom.